The van der Waals surface area contributed by atoms with E-state index in [2.05, 4.69) is 21.9 Å². The van der Waals surface area contributed by atoms with E-state index in [4.69, 9.17) is 0 Å². The summed E-state index contributed by atoms with van der Waals surface area (Å²) in [5, 5.41) is 0.992. The van der Waals surface area contributed by atoms with Crippen LogP contribution in [0.2, 0.25) is 0 Å². The van der Waals surface area contributed by atoms with Crippen molar-refractivity contribution < 1.29 is 4.79 Å². The van der Waals surface area contributed by atoms with Crippen molar-refractivity contribution in [1.29, 1.82) is 0 Å². The molecule has 0 saturated heterocycles. The SMILES string of the molecule is Cc1c(-c2cccnc2)sc2nc(N(C=O)c3ccccc3)ncc12. The maximum atomic E-state index is 11.6. The van der Waals surface area contributed by atoms with Crippen molar-refractivity contribution in [1.82, 2.24) is 15.0 Å². The minimum Gasteiger partial charge on any atom is -0.278 e. The fraction of sp³-hybridized carbons (Fsp3) is 0.0526. The molecule has 3 heterocycles. The van der Waals surface area contributed by atoms with Crippen LogP contribution in [-0.2, 0) is 4.79 Å². The molecular formula is C19H14N4OS. The number of hydrogen-bond acceptors (Lipinski definition) is 5. The molecule has 0 unspecified atom stereocenters. The van der Waals surface area contributed by atoms with E-state index in [0.29, 0.717) is 5.95 Å². The second-order valence-electron chi connectivity index (χ2n) is 5.50. The Morgan fingerprint density at radius 2 is 1.92 bits per heavy atom. The van der Waals surface area contributed by atoms with Crippen LogP contribution in [0.3, 0.4) is 0 Å². The first-order chi connectivity index (χ1) is 12.3. The van der Waals surface area contributed by atoms with E-state index in [1.165, 1.54) is 4.90 Å². The van der Waals surface area contributed by atoms with Gasteiger partial charge in [-0.2, -0.15) is 0 Å². The quantitative estimate of drug-likeness (QED) is 0.515. The minimum atomic E-state index is 0.368. The van der Waals surface area contributed by atoms with Crippen molar-refractivity contribution in [2.75, 3.05) is 4.90 Å². The Morgan fingerprint density at radius 1 is 1.08 bits per heavy atom. The lowest BCUT2D eigenvalue weighted by molar-refractivity contribution is -0.106. The molecule has 0 radical (unpaired) electrons. The van der Waals surface area contributed by atoms with Crippen LogP contribution in [0.25, 0.3) is 20.7 Å². The molecule has 25 heavy (non-hydrogen) atoms. The van der Waals surface area contributed by atoms with E-state index < -0.39 is 0 Å². The van der Waals surface area contributed by atoms with Crippen LogP contribution >= 0.6 is 11.3 Å². The number of rotatable bonds is 4. The Morgan fingerprint density at radius 3 is 2.64 bits per heavy atom. The summed E-state index contributed by atoms with van der Waals surface area (Å²) in [4.78, 5) is 28.2. The van der Waals surface area contributed by atoms with E-state index in [1.807, 2.05) is 48.7 Å². The highest BCUT2D eigenvalue weighted by molar-refractivity contribution is 7.22. The zero-order valence-corrected chi connectivity index (χ0v) is 14.3. The van der Waals surface area contributed by atoms with Gasteiger partial charge >= 0.3 is 0 Å². The van der Waals surface area contributed by atoms with Gasteiger partial charge < -0.3 is 0 Å². The lowest BCUT2D eigenvalue weighted by atomic mass is 10.1. The number of carbonyl (C=O) groups is 1. The Labute approximate surface area is 148 Å². The van der Waals surface area contributed by atoms with Gasteiger partial charge in [-0.05, 0) is 30.7 Å². The van der Waals surface area contributed by atoms with Gasteiger partial charge in [-0.15, -0.1) is 11.3 Å². The number of carbonyl (C=O) groups excluding carboxylic acids is 1. The molecule has 1 amide bonds. The van der Waals surface area contributed by atoms with E-state index >= 15 is 0 Å². The average Bonchev–Trinajstić information content (AvgIpc) is 3.00. The van der Waals surface area contributed by atoms with Gasteiger partial charge in [0, 0.05) is 34.4 Å². The Kier molecular flexibility index (Phi) is 3.95. The molecular weight excluding hydrogens is 332 g/mol. The molecule has 0 fully saturated rings. The molecule has 0 atom stereocenters. The van der Waals surface area contributed by atoms with Crippen LogP contribution in [0.1, 0.15) is 5.56 Å². The number of para-hydroxylation sites is 1. The van der Waals surface area contributed by atoms with Crippen molar-refractivity contribution in [2.24, 2.45) is 0 Å². The second-order valence-corrected chi connectivity index (χ2v) is 6.50. The number of amides is 1. The van der Waals surface area contributed by atoms with Gasteiger partial charge in [0.2, 0.25) is 12.4 Å². The average molecular weight is 346 g/mol. The Bertz CT molecular complexity index is 1030. The third-order valence-corrected chi connectivity index (χ3v) is 5.21. The summed E-state index contributed by atoms with van der Waals surface area (Å²) in [6, 6.07) is 13.3. The monoisotopic (exact) mass is 346 g/mol. The van der Waals surface area contributed by atoms with Crippen LogP contribution < -0.4 is 4.90 Å². The van der Waals surface area contributed by atoms with Crippen LogP contribution in [0.5, 0.6) is 0 Å². The summed E-state index contributed by atoms with van der Waals surface area (Å²) in [5.41, 5.74) is 2.91. The van der Waals surface area contributed by atoms with E-state index in [0.717, 1.165) is 38.3 Å². The lowest BCUT2D eigenvalue weighted by Crippen LogP contribution is -2.16. The molecule has 4 rings (SSSR count). The topological polar surface area (TPSA) is 59.0 Å². The Hall–Kier alpha value is -3.12. The molecule has 4 aromatic rings. The number of nitrogens with zero attached hydrogens (tertiary/aromatic N) is 4. The van der Waals surface area contributed by atoms with E-state index in [1.54, 1.807) is 23.7 Å². The lowest BCUT2D eigenvalue weighted by Gasteiger charge is -2.14. The predicted octanol–water partition coefficient (Wildman–Crippen LogP) is 4.36. The fourth-order valence-electron chi connectivity index (χ4n) is 2.69. The highest BCUT2D eigenvalue weighted by Gasteiger charge is 2.16. The summed E-state index contributed by atoms with van der Waals surface area (Å²) >= 11 is 1.58. The molecule has 0 bridgehead atoms. The van der Waals surface area contributed by atoms with E-state index in [9.17, 15) is 4.79 Å². The van der Waals surface area contributed by atoms with Gasteiger partial charge in [0.1, 0.15) is 4.83 Å². The molecule has 0 spiro atoms. The first kappa shape index (κ1) is 15.4. The molecule has 0 aliphatic rings. The summed E-state index contributed by atoms with van der Waals surface area (Å²) < 4.78 is 0. The molecule has 6 heteroatoms. The number of fused-ring (bicyclic) bond motifs is 1. The maximum Gasteiger partial charge on any atom is 0.238 e. The number of anilines is 2. The largest absolute Gasteiger partial charge is 0.278 e. The zero-order chi connectivity index (χ0) is 17.2. The smallest absolute Gasteiger partial charge is 0.238 e. The summed E-state index contributed by atoms with van der Waals surface area (Å²) in [6.45, 7) is 2.05. The number of pyridine rings is 1. The van der Waals surface area contributed by atoms with Gasteiger partial charge in [0.15, 0.2) is 0 Å². The van der Waals surface area contributed by atoms with Crippen molar-refractivity contribution in [3.05, 3.63) is 66.6 Å². The number of thiophene rings is 1. The van der Waals surface area contributed by atoms with Crippen LogP contribution in [-0.4, -0.2) is 21.4 Å². The minimum absolute atomic E-state index is 0.368. The number of hydrogen-bond donors (Lipinski definition) is 0. The molecule has 1 aromatic carbocycles. The normalized spacial score (nSPS) is 10.8. The van der Waals surface area contributed by atoms with Crippen molar-refractivity contribution in [3.8, 4) is 10.4 Å². The van der Waals surface area contributed by atoms with Gasteiger partial charge in [-0.1, -0.05) is 24.3 Å². The number of aryl methyl sites for hydroxylation is 1. The zero-order valence-electron chi connectivity index (χ0n) is 13.5. The molecule has 122 valence electrons. The predicted molar refractivity (Wildman–Crippen MR) is 100 cm³/mol. The molecule has 0 N–H and O–H groups in total. The van der Waals surface area contributed by atoms with Crippen molar-refractivity contribution in [3.63, 3.8) is 0 Å². The number of benzene rings is 1. The fourth-order valence-corrected chi connectivity index (χ4v) is 3.83. The second kappa shape index (κ2) is 6.41. The van der Waals surface area contributed by atoms with Gasteiger partial charge in [-0.25, -0.2) is 9.97 Å². The van der Waals surface area contributed by atoms with Crippen LogP contribution in [0, 0.1) is 6.92 Å². The highest BCUT2D eigenvalue weighted by Crippen LogP contribution is 2.37. The first-order valence-electron chi connectivity index (χ1n) is 7.74. The third kappa shape index (κ3) is 2.77. The van der Waals surface area contributed by atoms with Gasteiger partial charge in [0.05, 0.1) is 5.69 Å². The molecule has 3 aromatic heterocycles. The van der Waals surface area contributed by atoms with Crippen LogP contribution in [0.15, 0.2) is 61.1 Å². The van der Waals surface area contributed by atoms with E-state index in [-0.39, 0.29) is 0 Å². The highest BCUT2D eigenvalue weighted by atomic mass is 32.1. The molecule has 5 nitrogen and oxygen atoms in total. The maximum absolute atomic E-state index is 11.6. The summed E-state index contributed by atoms with van der Waals surface area (Å²) in [6.07, 6.45) is 6.11. The summed E-state index contributed by atoms with van der Waals surface area (Å²) in [7, 11) is 0. The molecule has 0 aliphatic carbocycles. The summed E-state index contributed by atoms with van der Waals surface area (Å²) in [5.74, 6) is 0.368. The van der Waals surface area contributed by atoms with Gasteiger partial charge in [-0.3, -0.25) is 14.7 Å². The van der Waals surface area contributed by atoms with Crippen molar-refractivity contribution in [2.45, 2.75) is 6.92 Å². The molecule has 0 aliphatic heterocycles. The molecule has 0 saturated carbocycles. The van der Waals surface area contributed by atoms with Crippen LogP contribution in [0.4, 0.5) is 11.6 Å². The standard InChI is InChI=1S/C19H14N4OS/c1-13-16-11-21-19(23(12-24)15-7-3-2-4-8-15)22-18(16)25-17(13)14-6-5-9-20-10-14/h2-12H,1H3. The number of aromatic nitrogens is 3. The first-order valence-corrected chi connectivity index (χ1v) is 8.55. The third-order valence-electron chi connectivity index (χ3n) is 3.96. The van der Waals surface area contributed by atoms with Crippen molar-refractivity contribution >= 4 is 39.6 Å². The Balaban J connectivity index is 1.82. The van der Waals surface area contributed by atoms with Gasteiger partial charge in [0.25, 0.3) is 0 Å².